The van der Waals surface area contributed by atoms with Crippen LogP contribution in [0, 0.1) is 0 Å². The van der Waals surface area contributed by atoms with Crippen LogP contribution >= 0.6 is 0 Å². The Labute approximate surface area is 172 Å². The van der Waals surface area contributed by atoms with Gasteiger partial charge >= 0.3 is 0 Å². The molecule has 29 heavy (non-hydrogen) atoms. The SMILES string of the molecule is CN1CCN(c2ccc(-c3ccn4c(C5(C)C=CC=NC5)cnc4c3)cc2)CC1. The number of pyridine rings is 1. The van der Waals surface area contributed by atoms with Crippen molar-refractivity contribution in [3.05, 3.63) is 66.6 Å². The van der Waals surface area contributed by atoms with Crippen molar-refractivity contribution >= 4 is 17.5 Å². The molecule has 0 radical (unpaired) electrons. The van der Waals surface area contributed by atoms with Crippen LogP contribution < -0.4 is 4.90 Å². The molecule has 0 N–H and O–H groups in total. The molecule has 5 rings (SSSR count). The van der Waals surface area contributed by atoms with Crippen LogP contribution in [0.5, 0.6) is 0 Å². The molecule has 0 spiro atoms. The Morgan fingerprint density at radius 3 is 2.48 bits per heavy atom. The molecular formula is C24H27N5. The number of rotatable bonds is 3. The first-order chi connectivity index (χ1) is 14.1. The normalized spacial score (nSPS) is 22.5. The molecule has 5 nitrogen and oxygen atoms in total. The first-order valence-electron chi connectivity index (χ1n) is 10.3. The van der Waals surface area contributed by atoms with Gasteiger partial charge in [-0.05, 0) is 55.4 Å². The van der Waals surface area contributed by atoms with Crippen molar-refractivity contribution < 1.29 is 0 Å². The number of fused-ring (bicyclic) bond motifs is 1. The average Bonchev–Trinajstić information content (AvgIpc) is 3.19. The number of imidazole rings is 1. The van der Waals surface area contributed by atoms with Gasteiger partial charge in [0.25, 0.3) is 0 Å². The Kier molecular flexibility index (Phi) is 4.47. The summed E-state index contributed by atoms with van der Waals surface area (Å²) in [7, 11) is 2.19. The van der Waals surface area contributed by atoms with Crippen molar-refractivity contribution in [2.45, 2.75) is 12.3 Å². The van der Waals surface area contributed by atoms with E-state index in [4.69, 9.17) is 0 Å². The molecule has 1 fully saturated rings. The second kappa shape index (κ2) is 7.16. The minimum Gasteiger partial charge on any atom is -0.369 e. The van der Waals surface area contributed by atoms with E-state index in [1.54, 1.807) is 0 Å². The molecule has 0 saturated carbocycles. The Hall–Kier alpha value is -2.92. The second-order valence-electron chi connectivity index (χ2n) is 8.39. The number of benzene rings is 1. The van der Waals surface area contributed by atoms with Crippen LogP contribution in [0.25, 0.3) is 16.8 Å². The predicted molar refractivity (Wildman–Crippen MR) is 120 cm³/mol. The van der Waals surface area contributed by atoms with Crippen molar-refractivity contribution in [2.24, 2.45) is 4.99 Å². The van der Waals surface area contributed by atoms with E-state index >= 15 is 0 Å². The minimum atomic E-state index is -0.111. The van der Waals surface area contributed by atoms with E-state index in [0.717, 1.165) is 38.4 Å². The van der Waals surface area contributed by atoms with Gasteiger partial charge in [-0.15, -0.1) is 0 Å². The third-order valence-electron chi connectivity index (χ3n) is 6.24. The Morgan fingerprint density at radius 1 is 0.966 bits per heavy atom. The van der Waals surface area contributed by atoms with E-state index in [2.05, 4.69) is 86.8 Å². The molecule has 5 heteroatoms. The topological polar surface area (TPSA) is 36.1 Å². The Balaban J connectivity index is 1.41. The maximum Gasteiger partial charge on any atom is 0.137 e. The predicted octanol–water partition coefficient (Wildman–Crippen LogP) is 3.65. The van der Waals surface area contributed by atoms with Crippen LogP contribution in [0.4, 0.5) is 5.69 Å². The minimum absolute atomic E-state index is 0.111. The van der Waals surface area contributed by atoms with Gasteiger partial charge in [-0.2, -0.15) is 0 Å². The van der Waals surface area contributed by atoms with E-state index in [-0.39, 0.29) is 5.41 Å². The number of hydrogen-bond donors (Lipinski definition) is 0. The lowest BCUT2D eigenvalue weighted by Gasteiger charge is -2.34. The van der Waals surface area contributed by atoms with Gasteiger partial charge in [-0.1, -0.05) is 18.2 Å². The smallest absolute Gasteiger partial charge is 0.137 e. The molecule has 2 aromatic heterocycles. The molecule has 2 aliphatic rings. The summed E-state index contributed by atoms with van der Waals surface area (Å²) in [5.74, 6) is 0. The van der Waals surface area contributed by atoms with Gasteiger partial charge in [0, 0.05) is 49.7 Å². The fourth-order valence-corrected chi connectivity index (χ4v) is 4.29. The Morgan fingerprint density at radius 2 is 1.76 bits per heavy atom. The van der Waals surface area contributed by atoms with Crippen molar-refractivity contribution in [1.82, 2.24) is 14.3 Å². The summed E-state index contributed by atoms with van der Waals surface area (Å²) in [6, 6.07) is 13.3. The quantitative estimate of drug-likeness (QED) is 0.690. The summed E-state index contributed by atoms with van der Waals surface area (Å²) >= 11 is 0. The lowest BCUT2D eigenvalue weighted by atomic mass is 9.85. The molecule has 1 saturated heterocycles. The first-order valence-corrected chi connectivity index (χ1v) is 10.3. The molecular weight excluding hydrogens is 358 g/mol. The standard InChI is InChI=1S/C24H27N5/c1-24(9-3-10-25-18-24)22-17-26-23-16-20(8-11-29(22)23)19-4-6-21(7-5-19)28-14-12-27(2)13-15-28/h3-11,16-17H,12-15,18H2,1-2H3. The zero-order chi connectivity index (χ0) is 19.8. The largest absolute Gasteiger partial charge is 0.369 e. The van der Waals surface area contributed by atoms with Gasteiger partial charge in [-0.3, -0.25) is 4.99 Å². The summed E-state index contributed by atoms with van der Waals surface area (Å²) in [5.41, 5.74) is 5.77. The monoisotopic (exact) mass is 385 g/mol. The van der Waals surface area contributed by atoms with Gasteiger partial charge in [0.2, 0.25) is 0 Å². The van der Waals surface area contributed by atoms with E-state index in [1.165, 1.54) is 22.5 Å². The van der Waals surface area contributed by atoms with Gasteiger partial charge in [0.15, 0.2) is 0 Å². The van der Waals surface area contributed by atoms with Gasteiger partial charge < -0.3 is 14.2 Å². The van der Waals surface area contributed by atoms with Gasteiger partial charge in [-0.25, -0.2) is 4.98 Å². The molecule has 0 aliphatic carbocycles. The highest BCUT2D eigenvalue weighted by Crippen LogP contribution is 2.30. The maximum absolute atomic E-state index is 4.69. The molecule has 4 heterocycles. The number of hydrogen-bond acceptors (Lipinski definition) is 4. The van der Waals surface area contributed by atoms with E-state index in [9.17, 15) is 0 Å². The molecule has 3 aromatic rings. The number of dihydropyridines is 1. The van der Waals surface area contributed by atoms with Gasteiger partial charge in [0.05, 0.1) is 18.4 Å². The zero-order valence-corrected chi connectivity index (χ0v) is 17.1. The van der Waals surface area contributed by atoms with Crippen LogP contribution in [0.3, 0.4) is 0 Å². The lowest BCUT2D eigenvalue weighted by Crippen LogP contribution is -2.44. The number of piperazine rings is 1. The van der Waals surface area contributed by atoms with Crippen molar-refractivity contribution in [1.29, 1.82) is 0 Å². The maximum atomic E-state index is 4.69. The number of nitrogens with zero attached hydrogens (tertiary/aromatic N) is 5. The summed E-state index contributed by atoms with van der Waals surface area (Å²) in [6.45, 7) is 7.41. The second-order valence-corrected chi connectivity index (χ2v) is 8.39. The van der Waals surface area contributed by atoms with Crippen LogP contribution in [-0.4, -0.2) is 60.3 Å². The highest BCUT2D eigenvalue weighted by atomic mass is 15.2. The summed E-state index contributed by atoms with van der Waals surface area (Å²) in [6.07, 6.45) is 10.2. The highest BCUT2D eigenvalue weighted by molar-refractivity contribution is 5.73. The average molecular weight is 386 g/mol. The fourth-order valence-electron chi connectivity index (χ4n) is 4.29. The molecule has 1 atom stereocenters. The van der Waals surface area contributed by atoms with Crippen LogP contribution in [0.2, 0.25) is 0 Å². The lowest BCUT2D eigenvalue weighted by molar-refractivity contribution is 0.313. The number of aromatic nitrogens is 2. The van der Waals surface area contributed by atoms with Crippen molar-refractivity contribution in [3.63, 3.8) is 0 Å². The summed E-state index contributed by atoms with van der Waals surface area (Å²) in [5, 5.41) is 0. The van der Waals surface area contributed by atoms with Crippen LogP contribution in [-0.2, 0) is 5.41 Å². The third-order valence-corrected chi connectivity index (χ3v) is 6.24. The summed E-state index contributed by atoms with van der Waals surface area (Å²) < 4.78 is 2.19. The van der Waals surface area contributed by atoms with Crippen LogP contribution in [0.15, 0.2) is 65.9 Å². The number of anilines is 1. The highest BCUT2D eigenvalue weighted by Gasteiger charge is 2.28. The molecule has 0 bridgehead atoms. The summed E-state index contributed by atoms with van der Waals surface area (Å²) in [4.78, 5) is 14.0. The molecule has 0 amide bonds. The fraction of sp³-hybridized carbons (Fsp3) is 0.333. The van der Waals surface area contributed by atoms with E-state index < -0.39 is 0 Å². The number of allylic oxidation sites excluding steroid dienone is 1. The van der Waals surface area contributed by atoms with E-state index in [1.807, 2.05) is 18.5 Å². The van der Waals surface area contributed by atoms with Gasteiger partial charge in [0.1, 0.15) is 5.65 Å². The molecule has 1 unspecified atom stereocenters. The number of likely N-dealkylation sites (N-methyl/N-ethyl adjacent to an activating group) is 1. The van der Waals surface area contributed by atoms with Crippen molar-refractivity contribution in [2.75, 3.05) is 44.7 Å². The molecule has 2 aliphatic heterocycles. The van der Waals surface area contributed by atoms with Crippen LogP contribution in [0.1, 0.15) is 12.6 Å². The van der Waals surface area contributed by atoms with E-state index in [0.29, 0.717) is 0 Å². The zero-order valence-electron chi connectivity index (χ0n) is 17.1. The third kappa shape index (κ3) is 3.36. The van der Waals surface area contributed by atoms with Crippen molar-refractivity contribution in [3.8, 4) is 11.1 Å². The molecule has 1 aromatic carbocycles. The molecule has 148 valence electrons. The number of aliphatic imine (C=N–C) groups is 1. The first kappa shape index (κ1) is 18.1. The Bertz CT molecular complexity index is 1070.